The van der Waals surface area contributed by atoms with E-state index in [2.05, 4.69) is 5.32 Å². The average molecular weight is 295 g/mol. The zero-order valence-corrected chi connectivity index (χ0v) is 11.1. The Hall–Kier alpha value is -2.41. The van der Waals surface area contributed by atoms with Gasteiger partial charge in [-0.25, -0.2) is 9.18 Å². The highest BCUT2D eigenvalue weighted by atomic mass is 32.1. The molecule has 0 radical (unpaired) electrons. The quantitative estimate of drug-likeness (QED) is 0.812. The van der Waals surface area contributed by atoms with E-state index in [1.807, 2.05) is 0 Å². The lowest BCUT2D eigenvalue weighted by Gasteiger charge is -2.06. The van der Waals surface area contributed by atoms with E-state index in [-0.39, 0.29) is 10.6 Å². The average Bonchev–Trinajstić information content (AvgIpc) is 2.70. The minimum Gasteiger partial charge on any atom is -0.507 e. The SMILES string of the molecule is Cc1cc(C(=O)O)c(NC(=O)c2c(O)cccc2F)s1. The van der Waals surface area contributed by atoms with Crippen LogP contribution in [0.2, 0.25) is 0 Å². The van der Waals surface area contributed by atoms with Crippen molar-refractivity contribution in [1.82, 2.24) is 0 Å². The molecule has 2 aromatic rings. The first-order valence-electron chi connectivity index (χ1n) is 5.52. The van der Waals surface area contributed by atoms with Crippen molar-refractivity contribution in [2.45, 2.75) is 6.92 Å². The van der Waals surface area contributed by atoms with Gasteiger partial charge in [0.2, 0.25) is 0 Å². The molecule has 0 aliphatic rings. The Kier molecular flexibility index (Phi) is 3.71. The molecule has 7 heteroatoms. The Labute approximate surface area is 117 Å². The molecular weight excluding hydrogens is 285 g/mol. The Morgan fingerprint density at radius 2 is 2.05 bits per heavy atom. The van der Waals surface area contributed by atoms with E-state index in [1.165, 1.54) is 18.2 Å². The molecular formula is C13H10FNO4S. The molecule has 0 unspecified atom stereocenters. The van der Waals surface area contributed by atoms with Crippen LogP contribution in [-0.4, -0.2) is 22.1 Å². The minimum atomic E-state index is -1.19. The van der Waals surface area contributed by atoms with Crippen molar-refractivity contribution in [3.8, 4) is 5.75 Å². The first-order chi connectivity index (χ1) is 9.40. The van der Waals surface area contributed by atoms with E-state index in [4.69, 9.17) is 5.11 Å². The van der Waals surface area contributed by atoms with Gasteiger partial charge < -0.3 is 15.5 Å². The molecule has 0 aliphatic heterocycles. The van der Waals surface area contributed by atoms with Crippen LogP contribution in [0.1, 0.15) is 25.6 Å². The second kappa shape index (κ2) is 5.30. The summed E-state index contributed by atoms with van der Waals surface area (Å²) in [6.07, 6.45) is 0. The van der Waals surface area contributed by atoms with Crippen LogP contribution in [0.4, 0.5) is 9.39 Å². The molecule has 1 aromatic heterocycles. The Balaban J connectivity index is 2.35. The number of hydrogen-bond acceptors (Lipinski definition) is 4. The molecule has 0 atom stereocenters. The van der Waals surface area contributed by atoms with Gasteiger partial charge in [-0.3, -0.25) is 4.79 Å². The van der Waals surface area contributed by atoms with Crippen molar-refractivity contribution < 1.29 is 24.2 Å². The third kappa shape index (κ3) is 2.62. The van der Waals surface area contributed by atoms with Gasteiger partial charge in [-0.15, -0.1) is 11.3 Å². The molecule has 3 N–H and O–H groups in total. The van der Waals surface area contributed by atoms with E-state index >= 15 is 0 Å². The number of phenolic OH excluding ortho intramolecular Hbond substituents is 1. The second-order valence-electron chi connectivity index (χ2n) is 3.99. The topological polar surface area (TPSA) is 86.6 Å². The van der Waals surface area contributed by atoms with Crippen molar-refractivity contribution >= 4 is 28.2 Å². The standard InChI is InChI=1S/C13H10FNO4S/c1-6-5-7(13(18)19)12(20-6)15-11(17)10-8(14)3-2-4-9(10)16/h2-5,16H,1H3,(H,15,17)(H,18,19). The van der Waals surface area contributed by atoms with E-state index < -0.39 is 29.0 Å². The van der Waals surface area contributed by atoms with Crippen LogP contribution in [0.5, 0.6) is 5.75 Å². The number of benzene rings is 1. The molecule has 0 fully saturated rings. The van der Waals surface area contributed by atoms with Crippen LogP contribution in [0, 0.1) is 12.7 Å². The van der Waals surface area contributed by atoms with Crippen LogP contribution >= 0.6 is 11.3 Å². The van der Waals surface area contributed by atoms with E-state index in [0.717, 1.165) is 17.4 Å². The van der Waals surface area contributed by atoms with Gasteiger partial charge in [-0.1, -0.05) is 6.07 Å². The Morgan fingerprint density at radius 3 is 2.65 bits per heavy atom. The number of thiophene rings is 1. The Bertz CT molecular complexity index is 675. The zero-order chi connectivity index (χ0) is 14.9. The lowest BCUT2D eigenvalue weighted by atomic mass is 10.1. The van der Waals surface area contributed by atoms with Gasteiger partial charge in [0, 0.05) is 4.88 Å². The maximum absolute atomic E-state index is 13.5. The maximum atomic E-state index is 13.5. The number of amides is 1. The third-order valence-electron chi connectivity index (χ3n) is 2.53. The first-order valence-corrected chi connectivity index (χ1v) is 6.34. The van der Waals surface area contributed by atoms with E-state index in [0.29, 0.717) is 4.88 Å². The van der Waals surface area contributed by atoms with Crippen molar-refractivity contribution in [1.29, 1.82) is 0 Å². The molecule has 2 rings (SSSR count). The minimum absolute atomic E-state index is 0.0725. The second-order valence-corrected chi connectivity index (χ2v) is 5.25. The predicted molar refractivity (Wildman–Crippen MR) is 72.0 cm³/mol. The largest absolute Gasteiger partial charge is 0.507 e. The van der Waals surface area contributed by atoms with Gasteiger partial charge in [0.15, 0.2) is 0 Å². The summed E-state index contributed by atoms with van der Waals surface area (Å²) in [4.78, 5) is 23.7. The highest BCUT2D eigenvalue weighted by molar-refractivity contribution is 7.16. The molecule has 0 saturated heterocycles. The zero-order valence-electron chi connectivity index (χ0n) is 10.3. The molecule has 5 nitrogen and oxygen atoms in total. The van der Waals surface area contributed by atoms with Crippen LogP contribution < -0.4 is 5.32 Å². The molecule has 1 amide bonds. The molecule has 0 bridgehead atoms. The molecule has 104 valence electrons. The summed E-state index contributed by atoms with van der Waals surface area (Å²) in [7, 11) is 0. The number of carboxylic acids is 1. The summed E-state index contributed by atoms with van der Waals surface area (Å²) < 4.78 is 13.5. The number of aryl methyl sites for hydroxylation is 1. The summed E-state index contributed by atoms with van der Waals surface area (Å²) in [5.74, 6) is -3.48. The number of carboxylic acid groups (broad SMARTS) is 1. The van der Waals surface area contributed by atoms with E-state index in [1.54, 1.807) is 6.92 Å². The monoisotopic (exact) mass is 295 g/mol. The van der Waals surface area contributed by atoms with Gasteiger partial charge in [0.05, 0.1) is 5.56 Å². The van der Waals surface area contributed by atoms with Gasteiger partial charge in [0.1, 0.15) is 22.1 Å². The number of nitrogens with one attached hydrogen (secondary N) is 1. The molecule has 0 saturated carbocycles. The van der Waals surface area contributed by atoms with Gasteiger partial charge in [-0.05, 0) is 25.1 Å². The fraction of sp³-hybridized carbons (Fsp3) is 0.0769. The summed E-state index contributed by atoms with van der Waals surface area (Å²) in [5, 5.41) is 20.9. The van der Waals surface area contributed by atoms with Gasteiger partial charge >= 0.3 is 5.97 Å². The number of hydrogen-bond donors (Lipinski definition) is 3. The third-order valence-corrected chi connectivity index (χ3v) is 3.50. The van der Waals surface area contributed by atoms with Crippen LogP contribution in [-0.2, 0) is 0 Å². The van der Waals surface area contributed by atoms with Crippen LogP contribution in [0.15, 0.2) is 24.3 Å². The highest BCUT2D eigenvalue weighted by Crippen LogP contribution is 2.29. The van der Waals surface area contributed by atoms with Gasteiger partial charge in [-0.2, -0.15) is 0 Å². The van der Waals surface area contributed by atoms with Crippen molar-refractivity contribution in [2.24, 2.45) is 0 Å². The van der Waals surface area contributed by atoms with Crippen molar-refractivity contribution in [3.63, 3.8) is 0 Å². The first kappa shape index (κ1) is 14.0. The van der Waals surface area contributed by atoms with Crippen LogP contribution in [0.3, 0.4) is 0 Å². The summed E-state index contributed by atoms with van der Waals surface area (Å²) in [5.41, 5.74) is -0.591. The van der Waals surface area contributed by atoms with Crippen molar-refractivity contribution in [3.05, 3.63) is 46.1 Å². The predicted octanol–water partition coefficient (Wildman–Crippen LogP) is 2.85. The van der Waals surface area contributed by atoms with E-state index in [9.17, 15) is 19.1 Å². The number of anilines is 1. The fourth-order valence-electron chi connectivity index (χ4n) is 1.67. The number of carbonyl (C=O) groups is 2. The molecule has 1 aromatic carbocycles. The highest BCUT2D eigenvalue weighted by Gasteiger charge is 2.20. The lowest BCUT2D eigenvalue weighted by Crippen LogP contribution is -2.15. The van der Waals surface area contributed by atoms with Crippen molar-refractivity contribution in [2.75, 3.05) is 5.32 Å². The summed E-state index contributed by atoms with van der Waals surface area (Å²) in [6, 6.07) is 4.88. The number of rotatable bonds is 3. The maximum Gasteiger partial charge on any atom is 0.338 e. The molecule has 20 heavy (non-hydrogen) atoms. The number of carbonyl (C=O) groups excluding carboxylic acids is 1. The number of halogens is 1. The number of phenols is 1. The Morgan fingerprint density at radius 1 is 1.35 bits per heavy atom. The van der Waals surface area contributed by atoms with Crippen LogP contribution in [0.25, 0.3) is 0 Å². The smallest absolute Gasteiger partial charge is 0.338 e. The normalized spacial score (nSPS) is 10.3. The molecule has 0 spiro atoms. The summed E-state index contributed by atoms with van der Waals surface area (Å²) in [6.45, 7) is 1.69. The molecule has 0 aliphatic carbocycles. The fourth-order valence-corrected chi connectivity index (χ4v) is 2.57. The molecule has 1 heterocycles. The summed E-state index contributed by atoms with van der Waals surface area (Å²) >= 11 is 1.06. The number of aromatic hydroxyl groups is 1. The lowest BCUT2D eigenvalue weighted by molar-refractivity contribution is 0.0698. The van der Waals surface area contributed by atoms with Gasteiger partial charge in [0.25, 0.3) is 5.91 Å². The number of aromatic carboxylic acids is 1.